The van der Waals surface area contributed by atoms with Crippen LogP contribution in [-0.2, 0) is 0 Å². The summed E-state index contributed by atoms with van der Waals surface area (Å²) in [4.78, 5) is 13.2. The molecule has 0 spiro atoms. The highest BCUT2D eigenvalue weighted by Crippen LogP contribution is 2.19. The molecule has 0 N–H and O–H groups in total. The third-order valence-electron chi connectivity index (χ3n) is 6.72. The van der Waals surface area contributed by atoms with E-state index < -0.39 is 0 Å². The zero-order valence-corrected chi connectivity index (χ0v) is 25.5. The van der Waals surface area contributed by atoms with Gasteiger partial charge < -0.3 is 0 Å². The first kappa shape index (κ1) is 30.1. The van der Waals surface area contributed by atoms with Crippen molar-refractivity contribution in [1.82, 2.24) is 15.0 Å². The van der Waals surface area contributed by atoms with Gasteiger partial charge in [0.05, 0.1) is 17.1 Å². The van der Waals surface area contributed by atoms with Crippen LogP contribution in [0.25, 0.3) is 33.8 Å². The van der Waals surface area contributed by atoms with Gasteiger partial charge in [-0.25, -0.2) is 0 Å². The molecule has 0 aliphatic rings. The van der Waals surface area contributed by atoms with Gasteiger partial charge in [-0.3, -0.25) is 15.0 Å². The van der Waals surface area contributed by atoms with Gasteiger partial charge in [0.1, 0.15) is 0 Å². The molecule has 0 atom stereocenters. The summed E-state index contributed by atoms with van der Waals surface area (Å²) in [5, 5.41) is 0. The molecule has 3 heterocycles. The molecule has 3 heteroatoms. The number of aryl methyl sites for hydroxylation is 6. The summed E-state index contributed by atoms with van der Waals surface area (Å²) in [5.41, 5.74) is 13.9. The summed E-state index contributed by atoms with van der Waals surface area (Å²) < 4.78 is 0. The fraction of sp³-hybridized carbons (Fsp3) is 0.154. The molecule has 6 rings (SSSR count). The van der Waals surface area contributed by atoms with Gasteiger partial charge >= 0.3 is 0 Å². The van der Waals surface area contributed by atoms with Crippen molar-refractivity contribution in [3.05, 3.63) is 161 Å². The fourth-order valence-electron chi connectivity index (χ4n) is 4.23. The maximum absolute atomic E-state index is 4.48. The smallest absolute Gasteiger partial charge is 0.0705 e. The number of nitrogens with zero attached hydrogens (tertiary/aromatic N) is 3. The van der Waals surface area contributed by atoms with Crippen molar-refractivity contribution in [3.8, 4) is 33.8 Å². The van der Waals surface area contributed by atoms with E-state index in [-0.39, 0.29) is 0 Å². The Balaban J connectivity index is 0.000000145. The van der Waals surface area contributed by atoms with Crippen molar-refractivity contribution in [2.45, 2.75) is 41.5 Å². The van der Waals surface area contributed by atoms with Crippen molar-refractivity contribution in [2.75, 3.05) is 0 Å². The monoisotopic (exact) mass is 549 g/mol. The topological polar surface area (TPSA) is 38.7 Å². The van der Waals surface area contributed by atoms with E-state index in [0.717, 1.165) is 22.8 Å². The van der Waals surface area contributed by atoms with Crippen LogP contribution in [0.1, 0.15) is 33.5 Å². The predicted octanol–water partition coefficient (Wildman–Crippen LogP) is 10.1. The van der Waals surface area contributed by atoms with Gasteiger partial charge in [0, 0.05) is 34.8 Å². The molecule has 0 amide bonds. The van der Waals surface area contributed by atoms with Crippen LogP contribution in [0.4, 0.5) is 0 Å². The average Bonchev–Trinajstić information content (AvgIpc) is 3.00. The molecule has 0 aliphatic heterocycles. The molecule has 3 aromatic carbocycles. The Kier molecular flexibility index (Phi) is 10.5. The predicted molar refractivity (Wildman–Crippen MR) is 177 cm³/mol. The van der Waals surface area contributed by atoms with Crippen LogP contribution in [-0.4, -0.2) is 15.0 Å². The first-order chi connectivity index (χ1) is 20.3. The quantitative estimate of drug-likeness (QED) is 0.220. The minimum Gasteiger partial charge on any atom is -0.256 e. The number of rotatable bonds is 3. The van der Waals surface area contributed by atoms with Gasteiger partial charge in [0.2, 0.25) is 0 Å². The maximum atomic E-state index is 4.48. The van der Waals surface area contributed by atoms with E-state index in [1.807, 2.05) is 51.4 Å². The molecule has 0 saturated carbocycles. The molecule has 0 fully saturated rings. The highest BCUT2D eigenvalue weighted by molar-refractivity contribution is 5.61. The second-order valence-corrected chi connectivity index (χ2v) is 10.7. The van der Waals surface area contributed by atoms with E-state index in [1.165, 1.54) is 44.5 Å². The number of benzene rings is 3. The number of hydrogen-bond acceptors (Lipinski definition) is 3. The second kappa shape index (κ2) is 14.7. The van der Waals surface area contributed by atoms with Gasteiger partial charge in [-0.2, -0.15) is 0 Å². The molecule has 0 unspecified atom stereocenters. The van der Waals surface area contributed by atoms with Crippen molar-refractivity contribution >= 4 is 0 Å². The number of aromatic nitrogens is 3. The summed E-state index contributed by atoms with van der Waals surface area (Å²) >= 11 is 0. The van der Waals surface area contributed by atoms with Crippen LogP contribution in [0.3, 0.4) is 0 Å². The molecular formula is C39H39N3. The van der Waals surface area contributed by atoms with Crippen LogP contribution < -0.4 is 0 Å². The van der Waals surface area contributed by atoms with Crippen molar-refractivity contribution in [3.63, 3.8) is 0 Å². The lowest BCUT2D eigenvalue weighted by Crippen LogP contribution is -1.86. The molecule has 0 radical (unpaired) electrons. The van der Waals surface area contributed by atoms with Crippen LogP contribution in [0.2, 0.25) is 0 Å². The zero-order valence-electron chi connectivity index (χ0n) is 25.5. The normalized spacial score (nSPS) is 10.1. The first-order valence-corrected chi connectivity index (χ1v) is 14.3. The Labute approximate surface area is 251 Å². The van der Waals surface area contributed by atoms with Crippen molar-refractivity contribution < 1.29 is 0 Å². The highest BCUT2D eigenvalue weighted by Gasteiger charge is 1.99. The van der Waals surface area contributed by atoms with Crippen LogP contribution in [0.15, 0.2) is 128 Å². The molecular weight excluding hydrogens is 510 g/mol. The van der Waals surface area contributed by atoms with Gasteiger partial charge in [-0.15, -0.1) is 0 Å². The number of hydrogen-bond donors (Lipinski definition) is 0. The standard InChI is InChI=1S/3C13H13N/c2*1-10-3-6-12(7-4-10)13-8-5-11(2)9-14-13;1-10-5-3-7-12(9-10)13-8-4-6-11(2)14-13/h3*3-9H,1-2H3. The maximum Gasteiger partial charge on any atom is 0.0705 e. The SMILES string of the molecule is Cc1ccc(-c2ccc(C)cn2)cc1.Cc1ccc(-c2ccc(C)cn2)cc1.Cc1cccc(-c2cccc(C)n2)c1. The van der Waals surface area contributed by atoms with E-state index in [1.54, 1.807) is 0 Å². The van der Waals surface area contributed by atoms with Gasteiger partial charge in [-0.1, -0.05) is 102 Å². The molecule has 42 heavy (non-hydrogen) atoms. The lowest BCUT2D eigenvalue weighted by Gasteiger charge is -2.02. The minimum atomic E-state index is 1.04. The molecule has 3 aromatic heterocycles. The molecule has 0 bridgehead atoms. The van der Waals surface area contributed by atoms with Gasteiger partial charge in [0.25, 0.3) is 0 Å². The van der Waals surface area contributed by atoms with Crippen molar-refractivity contribution in [2.24, 2.45) is 0 Å². The summed E-state index contributed by atoms with van der Waals surface area (Å²) in [6.07, 6.45) is 3.80. The Bertz CT molecular complexity index is 1470. The van der Waals surface area contributed by atoms with E-state index in [9.17, 15) is 0 Å². The average molecular weight is 550 g/mol. The van der Waals surface area contributed by atoms with E-state index in [2.05, 4.69) is 133 Å². The molecule has 0 saturated heterocycles. The largest absolute Gasteiger partial charge is 0.256 e. The fourth-order valence-corrected chi connectivity index (χ4v) is 4.23. The Hall–Kier alpha value is -4.89. The van der Waals surface area contributed by atoms with Crippen LogP contribution in [0, 0.1) is 41.5 Å². The second-order valence-electron chi connectivity index (χ2n) is 10.7. The third-order valence-corrected chi connectivity index (χ3v) is 6.72. The van der Waals surface area contributed by atoms with Gasteiger partial charge in [-0.05, 0) is 83.0 Å². The first-order valence-electron chi connectivity index (χ1n) is 14.3. The minimum absolute atomic E-state index is 1.04. The Morgan fingerprint density at radius 1 is 0.357 bits per heavy atom. The third kappa shape index (κ3) is 9.07. The molecule has 0 aliphatic carbocycles. The van der Waals surface area contributed by atoms with E-state index in [4.69, 9.17) is 0 Å². The lowest BCUT2D eigenvalue weighted by atomic mass is 10.1. The van der Waals surface area contributed by atoms with Crippen LogP contribution >= 0.6 is 0 Å². The zero-order chi connectivity index (χ0) is 29.9. The Morgan fingerprint density at radius 3 is 1.26 bits per heavy atom. The summed E-state index contributed by atoms with van der Waals surface area (Å²) in [5.74, 6) is 0. The van der Waals surface area contributed by atoms with Gasteiger partial charge in [0.15, 0.2) is 0 Å². The van der Waals surface area contributed by atoms with E-state index >= 15 is 0 Å². The number of pyridine rings is 3. The Morgan fingerprint density at radius 2 is 0.833 bits per heavy atom. The summed E-state index contributed by atoms with van der Waals surface area (Å²) in [6, 6.07) is 39.6. The summed E-state index contributed by atoms with van der Waals surface area (Å²) in [6.45, 7) is 12.4. The lowest BCUT2D eigenvalue weighted by molar-refractivity contribution is 1.20. The highest BCUT2D eigenvalue weighted by atomic mass is 14.7. The molecule has 210 valence electrons. The molecule has 3 nitrogen and oxygen atoms in total. The summed E-state index contributed by atoms with van der Waals surface area (Å²) in [7, 11) is 0. The van der Waals surface area contributed by atoms with Crippen molar-refractivity contribution in [1.29, 1.82) is 0 Å². The molecule has 6 aromatic rings. The van der Waals surface area contributed by atoms with E-state index in [0.29, 0.717) is 0 Å². The van der Waals surface area contributed by atoms with Crippen LogP contribution in [0.5, 0.6) is 0 Å².